The molecular formula is C43H71N3O5S. The van der Waals surface area contributed by atoms with Crippen LogP contribution in [0.3, 0.4) is 0 Å². The highest BCUT2D eigenvalue weighted by atomic mass is 32.2. The Bertz CT molecular complexity index is 1470. The van der Waals surface area contributed by atoms with Crippen LogP contribution >= 0.6 is 0 Å². The predicted octanol–water partition coefficient (Wildman–Crippen LogP) is 7.31. The van der Waals surface area contributed by atoms with Gasteiger partial charge in [0, 0.05) is 37.2 Å². The zero-order chi connectivity index (χ0) is 38.1. The number of ether oxygens (including phenoxy) is 1. The fourth-order valence-corrected chi connectivity index (χ4v) is 14.0. The topological polar surface area (TPSA) is 119 Å². The third-order valence-electron chi connectivity index (χ3n) is 16.6. The highest BCUT2D eigenvalue weighted by Crippen LogP contribution is 2.75. The van der Waals surface area contributed by atoms with Gasteiger partial charge >= 0.3 is 5.97 Å². The van der Waals surface area contributed by atoms with Crippen molar-refractivity contribution in [2.75, 3.05) is 31.9 Å². The van der Waals surface area contributed by atoms with Gasteiger partial charge in [0.05, 0.1) is 16.2 Å². The molecular weight excluding hydrogens is 671 g/mol. The molecule has 0 spiro atoms. The van der Waals surface area contributed by atoms with Gasteiger partial charge in [-0.25, -0.2) is 0 Å². The van der Waals surface area contributed by atoms with E-state index in [1.54, 1.807) is 5.57 Å². The van der Waals surface area contributed by atoms with Crippen molar-refractivity contribution in [2.45, 2.75) is 158 Å². The van der Waals surface area contributed by atoms with Crippen LogP contribution in [0, 0.1) is 50.2 Å². The average molecular weight is 742 g/mol. The number of carbonyl (C=O) groups is 3. The molecule has 9 atom stereocenters. The second-order valence-corrected chi connectivity index (χ2v) is 22.1. The zero-order valence-corrected chi connectivity index (χ0v) is 34.9. The molecule has 4 saturated carbocycles. The number of carbonyl (C=O) groups excluding carboxylic acids is 3. The number of fused-ring (bicyclic) bond motifs is 6. The molecule has 1 saturated heterocycles. The number of allylic oxidation sites excluding steroid dienone is 1. The van der Waals surface area contributed by atoms with Crippen LogP contribution in [0.15, 0.2) is 11.1 Å². The molecule has 1 heterocycles. The van der Waals surface area contributed by atoms with E-state index in [0.717, 1.165) is 77.2 Å². The largest absolute Gasteiger partial charge is 0.461 e. The van der Waals surface area contributed by atoms with E-state index in [1.807, 2.05) is 13.8 Å². The van der Waals surface area contributed by atoms with Crippen LogP contribution in [0.4, 0.5) is 0 Å². The maximum atomic E-state index is 14.5. The van der Waals surface area contributed by atoms with Crippen LogP contribution in [0.1, 0.15) is 146 Å². The number of nitrogens with one attached hydrogen (secondary N) is 1. The second-order valence-electron chi connectivity index (χ2n) is 20.5. The number of rotatable bonds is 8. The Morgan fingerprint density at radius 2 is 1.62 bits per heavy atom. The van der Waals surface area contributed by atoms with Gasteiger partial charge in [-0.2, -0.15) is 0 Å². The van der Waals surface area contributed by atoms with Crippen LogP contribution in [-0.4, -0.2) is 70.2 Å². The Labute approximate surface area is 317 Å². The summed E-state index contributed by atoms with van der Waals surface area (Å²) >= 11 is 0. The lowest BCUT2D eigenvalue weighted by molar-refractivity contribution is -0.214. The predicted molar refractivity (Wildman–Crippen MR) is 209 cm³/mol. The van der Waals surface area contributed by atoms with Crippen molar-refractivity contribution < 1.29 is 23.3 Å². The fraction of sp³-hybridized carbons (Fsp3) is 0.884. The molecule has 6 aliphatic rings. The number of esters is 1. The summed E-state index contributed by atoms with van der Waals surface area (Å²) in [7, 11) is -1.36. The number of nitrogens with zero attached hydrogens (tertiary/aromatic N) is 1. The first-order valence-electron chi connectivity index (χ1n) is 20.8. The summed E-state index contributed by atoms with van der Waals surface area (Å²) in [5.41, 5.74) is 9.33. The van der Waals surface area contributed by atoms with E-state index in [1.165, 1.54) is 12.0 Å². The molecule has 5 fully saturated rings. The average Bonchev–Trinajstić information content (AvgIpc) is 3.23. The van der Waals surface area contributed by atoms with E-state index in [2.05, 4.69) is 58.7 Å². The molecule has 3 N–H and O–H groups in total. The van der Waals surface area contributed by atoms with Crippen LogP contribution in [0.25, 0.3) is 0 Å². The summed E-state index contributed by atoms with van der Waals surface area (Å²) in [5.74, 6) is 1.50. The number of nitrogens with two attached hydrogens (primary N) is 1. The Morgan fingerprint density at radius 1 is 0.904 bits per heavy atom. The first kappa shape index (κ1) is 40.1. The van der Waals surface area contributed by atoms with Gasteiger partial charge < -0.3 is 20.7 Å². The van der Waals surface area contributed by atoms with Crippen molar-refractivity contribution in [1.29, 1.82) is 0 Å². The third-order valence-corrected chi connectivity index (χ3v) is 17.8. The molecule has 0 aromatic carbocycles. The highest BCUT2D eigenvalue weighted by molar-refractivity contribution is 8.00. The summed E-state index contributed by atoms with van der Waals surface area (Å²) in [4.78, 5) is 41.7. The molecule has 0 bridgehead atoms. The normalized spacial score (nSPS) is 40.8. The van der Waals surface area contributed by atoms with E-state index in [0.29, 0.717) is 43.6 Å². The SMILES string of the molecule is CC(C)[C@H](N)C(=O)O[C@H]1CCC2(C)[C@H]3CCC4=C5CC(C)(C)CC[C@]5(C(=O)NCCCN5CCC(=O)S(=O)CC5)CC[C@@]4(C)[C@]3(C)CC[C@H]2C1(C)C. The molecule has 0 radical (unpaired) electrons. The second kappa shape index (κ2) is 14.2. The maximum Gasteiger partial charge on any atom is 0.323 e. The minimum Gasteiger partial charge on any atom is -0.461 e. The van der Waals surface area contributed by atoms with Gasteiger partial charge in [-0.15, -0.1) is 0 Å². The lowest BCUT2D eigenvalue weighted by atomic mass is 9.34. The van der Waals surface area contributed by atoms with Crippen LogP contribution < -0.4 is 11.1 Å². The van der Waals surface area contributed by atoms with E-state index >= 15 is 0 Å². The minimum absolute atomic E-state index is 0.0538. The van der Waals surface area contributed by atoms with Gasteiger partial charge in [0.2, 0.25) is 11.0 Å². The van der Waals surface area contributed by atoms with Crippen molar-refractivity contribution in [2.24, 2.45) is 56.0 Å². The van der Waals surface area contributed by atoms with Crippen molar-refractivity contribution in [3.63, 3.8) is 0 Å². The summed E-state index contributed by atoms with van der Waals surface area (Å²) in [6, 6.07) is -0.583. The molecule has 9 heteroatoms. The molecule has 52 heavy (non-hydrogen) atoms. The number of hydrogen-bond acceptors (Lipinski definition) is 7. The minimum atomic E-state index is -1.36. The fourth-order valence-electron chi connectivity index (χ4n) is 13.0. The molecule has 2 unspecified atom stereocenters. The van der Waals surface area contributed by atoms with Gasteiger partial charge in [-0.1, -0.05) is 73.5 Å². The Kier molecular flexibility index (Phi) is 10.9. The summed E-state index contributed by atoms with van der Waals surface area (Å²) in [5, 5.41) is 3.30. The lowest BCUT2D eigenvalue weighted by Gasteiger charge is -2.71. The van der Waals surface area contributed by atoms with Gasteiger partial charge in [0.1, 0.15) is 12.1 Å². The summed E-state index contributed by atoms with van der Waals surface area (Å²) < 4.78 is 18.2. The van der Waals surface area contributed by atoms with Crippen molar-refractivity contribution >= 4 is 27.8 Å². The Morgan fingerprint density at radius 3 is 2.33 bits per heavy atom. The lowest BCUT2D eigenvalue weighted by Crippen LogP contribution is -2.65. The maximum absolute atomic E-state index is 14.5. The first-order valence-corrected chi connectivity index (χ1v) is 22.1. The molecule has 5 aliphatic carbocycles. The molecule has 1 amide bonds. The van der Waals surface area contributed by atoms with E-state index < -0.39 is 22.3 Å². The van der Waals surface area contributed by atoms with Gasteiger partial charge in [0.15, 0.2) is 0 Å². The molecule has 0 aromatic heterocycles. The van der Waals surface area contributed by atoms with Crippen LogP contribution in [0.5, 0.6) is 0 Å². The van der Waals surface area contributed by atoms with Crippen LogP contribution in [0.2, 0.25) is 0 Å². The Balaban J connectivity index is 1.22. The standard InChI is InChI=1S/C43H71N3O5S/c1-28(2)35(44)36(48)51-33-14-16-40(7)31(39(33,5)6)13-17-42(9)32(40)12-11-29-30-27-38(3,4)18-20-43(30,21-19-41(29,42)8)37(49)45-22-10-23-46-24-15-34(47)52(50)26-25-46/h28,31-33,35H,10-27,44H2,1-9H3,(H,45,49)/t31-,32+,33-,35-,40?,41+,42+,43-,52?/m0/s1. The monoisotopic (exact) mass is 742 g/mol. The van der Waals surface area contributed by atoms with Gasteiger partial charge in [0.25, 0.3) is 0 Å². The smallest absolute Gasteiger partial charge is 0.323 e. The molecule has 294 valence electrons. The quantitative estimate of drug-likeness (QED) is 0.152. The van der Waals surface area contributed by atoms with E-state index in [9.17, 15) is 18.6 Å². The molecule has 0 aromatic rings. The first-order chi connectivity index (χ1) is 24.2. The third kappa shape index (κ3) is 6.60. The number of hydrogen-bond donors (Lipinski definition) is 2. The highest BCUT2D eigenvalue weighted by Gasteiger charge is 2.68. The van der Waals surface area contributed by atoms with Crippen molar-refractivity contribution in [1.82, 2.24) is 10.2 Å². The molecule has 1 aliphatic heterocycles. The molecule has 8 nitrogen and oxygen atoms in total. The zero-order valence-electron chi connectivity index (χ0n) is 34.1. The summed E-state index contributed by atoms with van der Waals surface area (Å²) in [6.45, 7) is 24.0. The van der Waals surface area contributed by atoms with Gasteiger partial charge in [-0.05, 0) is 123 Å². The Hall–Kier alpha value is -1.58. The van der Waals surface area contributed by atoms with E-state index in [-0.39, 0.29) is 56.1 Å². The summed E-state index contributed by atoms with van der Waals surface area (Å²) in [6.07, 6.45) is 12.6. The van der Waals surface area contributed by atoms with Gasteiger partial charge in [-0.3, -0.25) is 18.6 Å². The van der Waals surface area contributed by atoms with Crippen LogP contribution in [-0.2, 0) is 29.9 Å². The molecule has 6 rings (SSSR count). The van der Waals surface area contributed by atoms with Crippen molar-refractivity contribution in [3.8, 4) is 0 Å². The number of amides is 1. The van der Waals surface area contributed by atoms with E-state index in [4.69, 9.17) is 10.5 Å². The van der Waals surface area contributed by atoms with Crippen molar-refractivity contribution in [3.05, 3.63) is 11.1 Å².